The minimum absolute atomic E-state index is 0.000741. The average Bonchev–Trinajstić information content (AvgIpc) is 2.21. The van der Waals surface area contributed by atoms with Gasteiger partial charge in [0.05, 0.1) is 6.54 Å². The fraction of sp³-hybridized carbons (Fsp3) is 0.800. The van der Waals surface area contributed by atoms with Crippen LogP contribution in [0.25, 0.3) is 0 Å². The highest BCUT2D eigenvalue weighted by atomic mass is 16.5. The SMILES string of the molecule is COC(C)C(=O)NCC(=O)NCC(C)C. The van der Waals surface area contributed by atoms with Crippen LogP contribution in [0.2, 0.25) is 0 Å². The maximum absolute atomic E-state index is 11.2. The molecule has 0 heterocycles. The molecule has 0 fully saturated rings. The monoisotopic (exact) mass is 216 g/mol. The molecule has 0 saturated heterocycles. The maximum Gasteiger partial charge on any atom is 0.249 e. The highest BCUT2D eigenvalue weighted by Gasteiger charge is 2.12. The molecule has 0 spiro atoms. The highest BCUT2D eigenvalue weighted by molar-refractivity contribution is 5.86. The predicted octanol–water partition coefficient (Wildman–Crippen LogP) is -0.0903. The zero-order valence-electron chi connectivity index (χ0n) is 9.79. The Morgan fingerprint density at radius 1 is 1.20 bits per heavy atom. The van der Waals surface area contributed by atoms with Crippen molar-refractivity contribution in [3.05, 3.63) is 0 Å². The minimum atomic E-state index is -0.525. The lowest BCUT2D eigenvalue weighted by Gasteiger charge is -2.11. The molecule has 0 saturated carbocycles. The van der Waals surface area contributed by atoms with Gasteiger partial charge >= 0.3 is 0 Å². The van der Waals surface area contributed by atoms with Crippen LogP contribution in [0, 0.1) is 5.92 Å². The van der Waals surface area contributed by atoms with Gasteiger partial charge in [-0.2, -0.15) is 0 Å². The molecule has 15 heavy (non-hydrogen) atoms. The average molecular weight is 216 g/mol. The number of ether oxygens (including phenoxy) is 1. The number of amides is 2. The Morgan fingerprint density at radius 2 is 1.80 bits per heavy atom. The second-order valence-corrected chi connectivity index (χ2v) is 3.79. The first-order valence-corrected chi connectivity index (χ1v) is 5.04. The molecule has 1 atom stereocenters. The molecule has 0 aromatic rings. The third-order valence-electron chi connectivity index (χ3n) is 1.85. The predicted molar refractivity (Wildman–Crippen MR) is 57.3 cm³/mol. The van der Waals surface area contributed by atoms with E-state index in [0.29, 0.717) is 12.5 Å². The molecule has 0 aliphatic carbocycles. The molecule has 0 aliphatic rings. The van der Waals surface area contributed by atoms with Gasteiger partial charge in [0.25, 0.3) is 0 Å². The van der Waals surface area contributed by atoms with Crippen LogP contribution in [0.15, 0.2) is 0 Å². The van der Waals surface area contributed by atoms with Crippen molar-refractivity contribution in [3.8, 4) is 0 Å². The van der Waals surface area contributed by atoms with Crippen LogP contribution in [0.5, 0.6) is 0 Å². The molecule has 0 rings (SSSR count). The summed E-state index contributed by atoms with van der Waals surface area (Å²) in [5.74, 6) is -0.0555. The van der Waals surface area contributed by atoms with Gasteiger partial charge in [-0.05, 0) is 12.8 Å². The summed E-state index contributed by atoms with van der Waals surface area (Å²) >= 11 is 0. The van der Waals surface area contributed by atoms with Crippen LogP contribution in [0.3, 0.4) is 0 Å². The van der Waals surface area contributed by atoms with Gasteiger partial charge in [-0.15, -0.1) is 0 Å². The molecule has 88 valence electrons. The number of carbonyl (C=O) groups excluding carboxylic acids is 2. The van der Waals surface area contributed by atoms with Crippen LogP contribution in [-0.4, -0.2) is 38.1 Å². The summed E-state index contributed by atoms with van der Waals surface area (Å²) in [6, 6.07) is 0. The van der Waals surface area contributed by atoms with Crippen molar-refractivity contribution in [1.29, 1.82) is 0 Å². The maximum atomic E-state index is 11.2. The smallest absolute Gasteiger partial charge is 0.249 e. The van der Waals surface area contributed by atoms with Gasteiger partial charge in [0.1, 0.15) is 6.10 Å². The van der Waals surface area contributed by atoms with Crippen LogP contribution in [-0.2, 0) is 14.3 Å². The van der Waals surface area contributed by atoms with Crippen molar-refractivity contribution >= 4 is 11.8 Å². The number of hydrogen-bond acceptors (Lipinski definition) is 3. The summed E-state index contributed by atoms with van der Waals surface area (Å²) in [5.41, 5.74) is 0. The first kappa shape index (κ1) is 13.9. The summed E-state index contributed by atoms with van der Waals surface area (Å²) < 4.78 is 4.80. The molecule has 5 heteroatoms. The topological polar surface area (TPSA) is 67.4 Å². The van der Waals surface area contributed by atoms with E-state index < -0.39 is 6.10 Å². The van der Waals surface area contributed by atoms with Crippen molar-refractivity contribution in [1.82, 2.24) is 10.6 Å². The molecule has 1 unspecified atom stereocenters. The van der Waals surface area contributed by atoms with Gasteiger partial charge in [-0.1, -0.05) is 13.8 Å². The van der Waals surface area contributed by atoms with Gasteiger partial charge in [-0.3, -0.25) is 9.59 Å². The molecular formula is C10H20N2O3. The minimum Gasteiger partial charge on any atom is -0.372 e. The molecule has 0 aliphatic heterocycles. The van der Waals surface area contributed by atoms with E-state index in [1.807, 2.05) is 13.8 Å². The van der Waals surface area contributed by atoms with Crippen molar-refractivity contribution < 1.29 is 14.3 Å². The number of hydrogen-bond donors (Lipinski definition) is 2. The molecule has 0 aromatic carbocycles. The van der Waals surface area contributed by atoms with E-state index in [1.165, 1.54) is 7.11 Å². The van der Waals surface area contributed by atoms with E-state index in [4.69, 9.17) is 4.74 Å². The number of rotatable bonds is 6. The van der Waals surface area contributed by atoms with Gasteiger partial charge in [0.2, 0.25) is 11.8 Å². The lowest BCUT2D eigenvalue weighted by Crippen LogP contribution is -2.41. The largest absolute Gasteiger partial charge is 0.372 e. The third kappa shape index (κ3) is 6.90. The number of carbonyl (C=O) groups is 2. The van der Waals surface area contributed by atoms with Crippen LogP contribution in [0.1, 0.15) is 20.8 Å². The van der Waals surface area contributed by atoms with E-state index in [9.17, 15) is 9.59 Å². The van der Waals surface area contributed by atoms with E-state index in [-0.39, 0.29) is 18.4 Å². The third-order valence-corrected chi connectivity index (χ3v) is 1.85. The quantitative estimate of drug-likeness (QED) is 0.652. The lowest BCUT2D eigenvalue weighted by atomic mass is 10.2. The Morgan fingerprint density at radius 3 is 2.27 bits per heavy atom. The highest BCUT2D eigenvalue weighted by Crippen LogP contribution is 1.87. The molecule has 2 amide bonds. The van der Waals surface area contributed by atoms with E-state index >= 15 is 0 Å². The summed E-state index contributed by atoms with van der Waals surface area (Å²) in [6.07, 6.45) is -0.525. The Bertz CT molecular complexity index is 217. The van der Waals surface area contributed by atoms with Gasteiger partial charge in [0, 0.05) is 13.7 Å². The molecule has 0 aromatic heterocycles. The van der Waals surface area contributed by atoms with Gasteiger partial charge in [-0.25, -0.2) is 0 Å². The molecular weight excluding hydrogens is 196 g/mol. The fourth-order valence-corrected chi connectivity index (χ4v) is 0.799. The molecule has 0 radical (unpaired) electrons. The fourth-order valence-electron chi connectivity index (χ4n) is 0.799. The standard InChI is InChI=1S/C10H20N2O3/c1-7(2)5-11-9(13)6-12-10(14)8(3)15-4/h7-8H,5-6H2,1-4H3,(H,11,13)(H,12,14). The molecule has 0 bridgehead atoms. The molecule has 2 N–H and O–H groups in total. The Hall–Kier alpha value is -1.10. The first-order chi connectivity index (χ1) is 6.97. The van der Waals surface area contributed by atoms with Crippen LogP contribution < -0.4 is 10.6 Å². The summed E-state index contributed by atoms with van der Waals surface area (Å²) in [5, 5.41) is 5.18. The summed E-state index contributed by atoms with van der Waals surface area (Å²) in [4.78, 5) is 22.4. The summed E-state index contributed by atoms with van der Waals surface area (Å²) in [6.45, 7) is 6.26. The zero-order valence-corrected chi connectivity index (χ0v) is 9.79. The van der Waals surface area contributed by atoms with Crippen LogP contribution >= 0.6 is 0 Å². The molecule has 5 nitrogen and oxygen atoms in total. The van der Waals surface area contributed by atoms with Crippen molar-refractivity contribution in [2.24, 2.45) is 5.92 Å². The lowest BCUT2D eigenvalue weighted by molar-refractivity contribution is -0.132. The second kappa shape index (κ2) is 7.23. The van der Waals surface area contributed by atoms with Crippen molar-refractivity contribution in [2.75, 3.05) is 20.2 Å². The Labute approximate surface area is 90.6 Å². The first-order valence-electron chi connectivity index (χ1n) is 5.04. The Kier molecular flexibility index (Phi) is 6.70. The van der Waals surface area contributed by atoms with E-state index in [2.05, 4.69) is 10.6 Å². The summed E-state index contributed by atoms with van der Waals surface area (Å²) in [7, 11) is 1.45. The normalized spacial score (nSPS) is 12.3. The van der Waals surface area contributed by atoms with E-state index in [1.54, 1.807) is 6.92 Å². The second-order valence-electron chi connectivity index (χ2n) is 3.79. The van der Waals surface area contributed by atoms with Gasteiger partial charge in [0.15, 0.2) is 0 Å². The zero-order chi connectivity index (χ0) is 11.8. The number of nitrogens with one attached hydrogen (secondary N) is 2. The Balaban J connectivity index is 3.67. The van der Waals surface area contributed by atoms with Gasteiger partial charge < -0.3 is 15.4 Å². The van der Waals surface area contributed by atoms with E-state index in [0.717, 1.165) is 0 Å². The van der Waals surface area contributed by atoms with Crippen LogP contribution in [0.4, 0.5) is 0 Å². The number of methoxy groups -OCH3 is 1. The van der Waals surface area contributed by atoms with Crippen molar-refractivity contribution in [2.45, 2.75) is 26.9 Å². The van der Waals surface area contributed by atoms with Crippen molar-refractivity contribution in [3.63, 3.8) is 0 Å².